The number of hydrogen-bond donors (Lipinski definition) is 2. The molecule has 4 atom stereocenters. The molecule has 0 spiro atoms. The van der Waals surface area contributed by atoms with Crippen LogP contribution in [0.15, 0.2) is 30.3 Å². The molecule has 3 aliphatic rings. The first-order chi connectivity index (χ1) is 16.3. The highest BCUT2D eigenvalue weighted by Crippen LogP contribution is 2.26. The van der Waals surface area contributed by atoms with Crippen molar-refractivity contribution in [3.63, 3.8) is 0 Å². The summed E-state index contributed by atoms with van der Waals surface area (Å²) in [6.45, 7) is 1.93. The van der Waals surface area contributed by atoms with Crippen LogP contribution in [0.4, 0.5) is 0 Å². The van der Waals surface area contributed by atoms with Gasteiger partial charge in [0.2, 0.25) is 17.6 Å². The van der Waals surface area contributed by atoms with E-state index < -0.39 is 53.7 Å². The molecule has 3 heterocycles. The van der Waals surface area contributed by atoms with E-state index in [4.69, 9.17) is 4.74 Å². The second-order valence-electron chi connectivity index (χ2n) is 8.63. The normalized spacial score (nSPS) is 26.9. The second kappa shape index (κ2) is 9.62. The molecule has 3 fully saturated rings. The predicted octanol–water partition coefficient (Wildman–Crippen LogP) is -0.297. The van der Waals surface area contributed by atoms with Gasteiger partial charge in [-0.25, -0.2) is 5.01 Å². The zero-order chi connectivity index (χ0) is 24.4. The van der Waals surface area contributed by atoms with Crippen molar-refractivity contribution >= 4 is 35.4 Å². The summed E-state index contributed by atoms with van der Waals surface area (Å²) in [7, 11) is 0. The molecule has 0 aliphatic carbocycles. The zero-order valence-electron chi connectivity index (χ0n) is 18.7. The molecule has 180 valence electrons. The summed E-state index contributed by atoms with van der Waals surface area (Å²) in [6, 6.07) is 5.26. The second-order valence-corrected chi connectivity index (χ2v) is 8.63. The van der Waals surface area contributed by atoms with Crippen LogP contribution in [-0.2, 0) is 28.7 Å². The number of hydrazine groups is 1. The summed E-state index contributed by atoms with van der Waals surface area (Å²) < 4.78 is 5.07. The molecular formula is C23H26N4O7. The molecule has 2 N–H and O–H groups in total. The Balaban J connectivity index is 1.51. The van der Waals surface area contributed by atoms with Crippen LogP contribution in [0.3, 0.4) is 0 Å². The van der Waals surface area contributed by atoms with Gasteiger partial charge in [-0.15, -0.1) is 0 Å². The Hall–Kier alpha value is -3.76. The van der Waals surface area contributed by atoms with Gasteiger partial charge in [0, 0.05) is 18.5 Å². The number of fused-ring (bicyclic) bond motifs is 1. The van der Waals surface area contributed by atoms with Crippen LogP contribution in [0, 0.1) is 0 Å². The minimum Gasteiger partial charge on any atom is -0.460 e. The maximum atomic E-state index is 13.4. The number of benzene rings is 1. The van der Waals surface area contributed by atoms with Gasteiger partial charge in [-0.3, -0.25) is 33.8 Å². The van der Waals surface area contributed by atoms with Crippen molar-refractivity contribution in [1.82, 2.24) is 20.7 Å². The van der Waals surface area contributed by atoms with E-state index in [1.54, 1.807) is 25.1 Å². The Morgan fingerprint density at radius 2 is 1.76 bits per heavy atom. The van der Waals surface area contributed by atoms with E-state index >= 15 is 0 Å². The number of rotatable bonds is 5. The van der Waals surface area contributed by atoms with E-state index in [0.29, 0.717) is 12.8 Å². The quantitative estimate of drug-likeness (QED) is 0.342. The number of ether oxygens (including phenoxy) is 1. The molecule has 0 aromatic heterocycles. The number of esters is 1. The number of carbonyl (C=O) groups excluding carboxylic acids is 6. The summed E-state index contributed by atoms with van der Waals surface area (Å²) >= 11 is 0. The standard InChI is InChI=1S/C23H26N4O7/c1-13-16(12-19(29)34-13)25-21(31)17-8-5-11-26-18(28)10-9-15(23(33)27(17)26)24-22(32)20(30)14-6-3-2-4-7-14/h2-4,6-7,13,15-17H,5,8-12H2,1H3,(H,24,32)(H,25,31). The first kappa shape index (κ1) is 23.4. The number of Topliss-reactive ketones (excluding diaryl/α,β-unsaturated/α-hetero) is 1. The van der Waals surface area contributed by atoms with Gasteiger partial charge in [-0.05, 0) is 26.2 Å². The van der Waals surface area contributed by atoms with E-state index in [1.165, 1.54) is 17.1 Å². The number of hydrogen-bond acceptors (Lipinski definition) is 7. The van der Waals surface area contributed by atoms with Gasteiger partial charge in [0.15, 0.2) is 0 Å². The molecule has 11 heteroatoms. The maximum absolute atomic E-state index is 13.4. The van der Waals surface area contributed by atoms with Crippen LogP contribution in [0.25, 0.3) is 0 Å². The number of cyclic esters (lactones) is 1. The molecule has 1 aromatic carbocycles. The molecule has 4 amide bonds. The first-order valence-electron chi connectivity index (χ1n) is 11.3. The highest BCUT2D eigenvalue weighted by atomic mass is 16.6. The Labute approximate surface area is 195 Å². The van der Waals surface area contributed by atoms with Crippen LogP contribution in [0.2, 0.25) is 0 Å². The Bertz CT molecular complexity index is 1030. The van der Waals surface area contributed by atoms with E-state index in [0.717, 1.165) is 5.01 Å². The van der Waals surface area contributed by atoms with Crippen LogP contribution >= 0.6 is 0 Å². The molecule has 0 saturated carbocycles. The lowest BCUT2D eigenvalue weighted by molar-refractivity contribution is -0.176. The van der Waals surface area contributed by atoms with Crippen LogP contribution in [0.1, 0.15) is 49.4 Å². The highest BCUT2D eigenvalue weighted by molar-refractivity contribution is 6.43. The number of nitrogens with one attached hydrogen (secondary N) is 2. The lowest BCUT2D eigenvalue weighted by atomic mass is 10.0. The fourth-order valence-electron chi connectivity index (χ4n) is 4.48. The minimum absolute atomic E-state index is 0.00875. The van der Waals surface area contributed by atoms with E-state index in [-0.39, 0.29) is 37.3 Å². The van der Waals surface area contributed by atoms with Crippen molar-refractivity contribution in [2.75, 3.05) is 6.54 Å². The lowest BCUT2D eigenvalue weighted by Gasteiger charge is -2.43. The average molecular weight is 470 g/mol. The van der Waals surface area contributed by atoms with Crippen molar-refractivity contribution in [2.24, 2.45) is 0 Å². The number of carbonyl (C=O) groups is 6. The smallest absolute Gasteiger partial charge is 0.308 e. The zero-order valence-corrected chi connectivity index (χ0v) is 18.7. The van der Waals surface area contributed by atoms with Gasteiger partial charge in [-0.1, -0.05) is 30.3 Å². The summed E-state index contributed by atoms with van der Waals surface area (Å²) in [5, 5.41) is 7.56. The fraction of sp³-hybridized carbons (Fsp3) is 0.478. The molecule has 3 aliphatic heterocycles. The highest BCUT2D eigenvalue weighted by Gasteiger charge is 2.46. The Kier molecular flexibility index (Phi) is 6.62. The molecule has 3 saturated heterocycles. The van der Waals surface area contributed by atoms with Gasteiger partial charge in [-0.2, -0.15) is 0 Å². The molecule has 4 unspecified atom stereocenters. The van der Waals surface area contributed by atoms with E-state index in [1.807, 2.05) is 0 Å². The van der Waals surface area contributed by atoms with Crippen molar-refractivity contribution in [1.29, 1.82) is 0 Å². The molecule has 4 rings (SSSR count). The van der Waals surface area contributed by atoms with Gasteiger partial charge < -0.3 is 15.4 Å². The molecule has 34 heavy (non-hydrogen) atoms. The Morgan fingerprint density at radius 1 is 1.03 bits per heavy atom. The van der Waals surface area contributed by atoms with Gasteiger partial charge >= 0.3 is 5.97 Å². The fourth-order valence-corrected chi connectivity index (χ4v) is 4.48. The van der Waals surface area contributed by atoms with E-state index in [9.17, 15) is 28.8 Å². The SMILES string of the molecule is CC1OC(=O)CC1NC(=O)C1CCCN2C(=O)CCC(NC(=O)C(=O)c3ccccc3)C(=O)N12. The minimum atomic E-state index is -1.14. The summed E-state index contributed by atoms with van der Waals surface area (Å²) in [4.78, 5) is 75.8. The number of nitrogens with zero attached hydrogens (tertiary/aromatic N) is 2. The number of ketones is 1. The third-order valence-corrected chi connectivity index (χ3v) is 6.31. The number of amides is 4. The molecule has 0 bridgehead atoms. The van der Waals surface area contributed by atoms with Crippen molar-refractivity contribution in [2.45, 2.75) is 63.3 Å². The Morgan fingerprint density at radius 3 is 2.44 bits per heavy atom. The first-order valence-corrected chi connectivity index (χ1v) is 11.3. The monoisotopic (exact) mass is 470 g/mol. The topological polar surface area (TPSA) is 142 Å². The van der Waals surface area contributed by atoms with Crippen molar-refractivity contribution < 1.29 is 33.5 Å². The van der Waals surface area contributed by atoms with Crippen LogP contribution < -0.4 is 10.6 Å². The van der Waals surface area contributed by atoms with E-state index in [2.05, 4.69) is 10.6 Å². The molecular weight excluding hydrogens is 444 g/mol. The largest absolute Gasteiger partial charge is 0.460 e. The third kappa shape index (κ3) is 4.63. The van der Waals surface area contributed by atoms with Crippen LogP contribution in [-0.4, -0.2) is 76.2 Å². The van der Waals surface area contributed by atoms with Gasteiger partial charge in [0.1, 0.15) is 18.2 Å². The third-order valence-electron chi connectivity index (χ3n) is 6.31. The lowest BCUT2D eigenvalue weighted by Crippen LogP contribution is -2.64. The molecule has 11 nitrogen and oxygen atoms in total. The average Bonchev–Trinajstić information content (AvgIpc) is 3.10. The summed E-state index contributed by atoms with van der Waals surface area (Å²) in [5.41, 5.74) is 0.177. The molecule has 0 radical (unpaired) electrons. The maximum Gasteiger partial charge on any atom is 0.308 e. The summed E-state index contributed by atoms with van der Waals surface area (Å²) in [6.07, 6.45) is 0.316. The van der Waals surface area contributed by atoms with Crippen LogP contribution in [0.5, 0.6) is 0 Å². The molecule has 1 aromatic rings. The van der Waals surface area contributed by atoms with Gasteiger partial charge in [0.05, 0.1) is 12.5 Å². The predicted molar refractivity (Wildman–Crippen MR) is 116 cm³/mol. The van der Waals surface area contributed by atoms with Gasteiger partial charge in [0.25, 0.3) is 11.8 Å². The van der Waals surface area contributed by atoms with Crippen molar-refractivity contribution in [3.05, 3.63) is 35.9 Å². The van der Waals surface area contributed by atoms with Crippen molar-refractivity contribution in [3.8, 4) is 0 Å². The summed E-state index contributed by atoms with van der Waals surface area (Å²) in [5.74, 6) is -3.66.